The Balaban J connectivity index is 1.40. The van der Waals surface area contributed by atoms with Crippen LogP contribution in [0.1, 0.15) is 31.5 Å². The Morgan fingerprint density at radius 1 is 1.14 bits per heavy atom. The van der Waals surface area contributed by atoms with E-state index in [4.69, 9.17) is 4.52 Å². The molecule has 2 aliphatic rings. The molecule has 0 amide bonds. The normalized spacial score (nSPS) is 22.7. The van der Waals surface area contributed by atoms with Crippen LogP contribution in [0.15, 0.2) is 4.52 Å². The lowest BCUT2D eigenvalue weighted by Crippen LogP contribution is -2.48. The molecule has 0 radical (unpaired) electrons. The van der Waals surface area contributed by atoms with E-state index in [9.17, 15) is 0 Å². The zero-order chi connectivity index (χ0) is 14.5. The lowest BCUT2D eigenvalue weighted by Gasteiger charge is -2.36. The van der Waals surface area contributed by atoms with Crippen LogP contribution in [0.3, 0.4) is 0 Å². The maximum absolute atomic E-state index is 5.17. The van der Waals surface area contributed by atoms with Crippen molar-refractivity contribution >= 4 is 0 Å². The molecular formula is C15H27N5O. The van der Waals surface area contributed by atoms with Crippen LogP contribution < -0.4 is 5.32 Å². The summed E-state index contributed by atoms with van der Waals surface area (Å²) < 4.78 is 5.17. The van der Waals surface area contributed by atoms with Gasteiger partial charge in [0.1, 0.15) is 0 Å². The number of piperidine rings is 1. The number of nitrogens with zero attached hydrogens (tertiary/aromatic N) is 4. The predicted molar refractivity (Wildman–Crippen MR) is 81.0 cm³/mol. The van der Waals surface area contributed by atoms with Gasteiger partial charge < -0.3 is 14.7 Å². The van der Waals surface area contributed by atoms with Crippen LogP contribution >= 0.6 is 0 Å². The van der Waals surface area contributed by atoms with Gasteiger partial charge in [-0.15, -0.1) is 0 Å². The standard InChI is InChI=1S/C15H27N5O/c1-2-15-17-14(18-21-15)12-20-9-7-19(8-10-20)11-13-3-5-16-6-4-13/h13,16H,2-12H2,1H3. The number of hydrogen-bond acceptors (Lipinski definition) is 6. The predicted octanol–water partition coefficient (Wildman–Crippen LogP) is 0.749. The molecule has 3 rings (SSSR count). The van der Waals surface area contributed by atoms with Gasteiger partial charge >= 0.3 is 0 Å². The summed E-state index contributed by atoms with van der Waals surface area (Å²) in [6, 6.07) is 0. The molecule has 0 bridgehead atoms. The number of hydrogen-bond donors (Lipinski definition) is 1. The minimum atomic E-state index is 0.745. The second-order valence-corrected chi connectivity index (χ2v) is 6.23. The van der Waals surface area contributed by atoms with E-state index in [-0.39, 0.29) is 0 Å². The van der Waals surface area contributed by atoms with Gasteiger partial charge in [-0.3, -0.25) is 4.90 Å². The lowest BCUT2D eigenvalue weighted by atomic mass is 9.97. The molecule has 0 saturated carbocycles. The second-order valence-electron chi connectivity index (χ2n) is 6.23. The number of nitrogens with one attached hydrogen (secondary N) is 1. The summed E-state index contributed by atoms with van der Waals surface area (Å²) in [5.41, 5.74) is 0. The number of aryl methyl sites for hydroxylation is 1. The van der Waals surface area contributed by atoms with Crippen molar-refractivity contribution in [3.05, 3.63) is 11.7 Å². The average Bonchev–Trinajstić information content (AvgIpc) is 2.98. The van der Waals surface area contributed by atoms with Crippen LogP contribution in [0, 0.1) is 5.92 Å². The van der Waals surface area contributed by atoms with Crippen molar-refractivity contribution in [3.63, 3.8) is 0 Å². The molecule has 0 spiro atoms. The monoisotopic (exact) mass is 293 g/mol. The summed E-state index contributed by atoms with van der Waals surface area (Å²) in [5, 5.41) is 7.49. The first-order valence-electron chi connectivity index (χ1n) is 8.30. The Labute approximate surface area is 126 Å². The highest BCUT2D eigenvalue weighted by atomic mass is 16.5. The minimum absolute atomic E-state index is 0.745. The molecule has 0 unspecified atom stereocenters. The van der Waals surface area contributed by atoms with Crippen molar-refractivity contribution in [1.29, 1.82) is 0 Å². The van der Waals surface area contributed by atoms with Crippen LogP contribution in [-0.4, -0.2) is 65.8 Å². The van der Waals surface area contributed by atoms with Crippen molar-refractivity contribution in [2.45, 2.75) is 32.7 Å². The van der Waals surface area contributed by atoms with Crippen molar-refractivity contribution in [2.24, 2.45) is 5.92 Å². The summed E-state index contributed by atoms with van der Waals surface area (Å²) >= 11 is 0. The first-order valence-corrected chi connectivity index (χ1v) is 8.30. The van der Waals surface area contributed by atoms with Gasteiger partial charge in [-0.25, -0.2) is 0 Å². The molecule has 1 aromatic heterocycles. The molecular weight excluding hydrogens is 266 g/mol. The van der Waals surface area contributed by atoms with Gasteiger partial charge in [0.15, 0.2) is 5.82 Å². The molecule has 21 heavy (non-hydrogen) atoms. The van der Waals surface area contributed by atoms with E-state index in [1.54, 1.807) is 0 Å². The van der Waals surface area contributed by atoms with Crippen molar-refractivity contribution in [1.82, 2.24) is 25.3 Å². The van der Waals surface area contributed by atoms with Gasteiger partial charge in [-0.05, 0) is 31.8 Å². The zero-order valence-electron chi connectivity index (χ0n) is 13.1. The SMILES string of the molecule is CCc1nc(CN2CCN(CC3CCNCC3)CC2)no1. The van der Waals surface area contributed by atoms with Gasteiger partial charge in [0.05, 0.1) is 6.54 Å². The Kier molecular flexibility index (Phi) is 5.22. The molecule has 1 aromatic rings. The molecule has 2 saturated heterocycles. The highest BCUT2D eigenvalue weighted by Gasteiger charge is 2.22. The first-order chi connectivity index (χ1) is 10.3. The third kappa shape index (κ3) is 4.25. The van der Waals surface area contributed by atoms with Crippen LogP contribution in [0.2, 0.25) is 0 Å². The summed E-state index contributed by atoms with van der Waals surface area (Å²) in [5.74, 6) is 2.47. The first kappa shape index (κ1) is 14.9. The fraction of sp³-hybridized carbons (Fsp3) is 0.867. The molecule has 118 valence electrons. The maximum Gasteiger partial charge on any atom is 0.226 e. The van der Waals surface area contributed by atoms with Crippen LogP contribution in [0.25, 0.3) is 0 Å². The van der Waals surface area contributed by atoms with Gasteiger partial charge in [0, 0.05) is 39.1 Å². The number of rotatable bonds is 5. The number of aromatic nitrogens is 2. The lowest BCUT2D eigenvalue weighted by molar-refractivity contribution is 0.104. The fourth-order valence-corrected chi connectivity index (χ4v) is 3.26. The molecule has 0 atom stereocenters. The summed E-state index contributed by atoms with van der Waals surface area (Å²) in [6.45, 7) is 11.1. The van der Waals surface area contributed by atoms with E-state index < -0.39 is 0 Å². The van der Waals surface area contributed by atoms with E-state index in [0.29, 0.717) is 0 Å². The van der Waals surface area contributed by atoms with Crippen molar-refractivity contribution in [2.75, 3.05) is 45.8 Å². The summed E-state index contributed by atoms with van der Waals surface area (Å²) in [7, 11) is 0. The Hall–Kier alpha value is -0.980. The Bertz CT molecular complexity index is 421. The van der Waals surface area contributed by atoms with E-state index >= 15 is 0 Å². The highest BCUT2D eigenvalue weighted by molar-refractivity contribution is 4.87. The third-order valence-electron chi connectivity index (χ3n) is 4.62. The second kappa shape index (κ2) is 7.33. The molecule has 1 N–H and O–H groups in total. The van der Waals surface area contributed by atoms with E-state index in [2.05, 4.69) is 25.3 Å². The summed E-state index contributed by atoms with van der Waals surface area (Å²) in [6.07, 6.45) is 3.49. The van der Waals surface area contributed by atoms with Crippen LogP contribution in [-0.2, 0) is 13.0 Å². The fourth-order valence-electron chi connectivity index (χ4n) is 3.26. The van der Waals surface area contributed by atoms with Gasteiger partial charge in [-0.1, -0.05) is 12.1 Å². The molecule has 0 aromatic carbocycles. The van der Waals surface area contributed by atoms with Gasteiger partial charge in [0.2, 0.25) is 5.89 Å². The number of piperazine rings is 1. The van der Waals surface area contributed by atoms with Crippen molar-refractivity contribution < 1.29 is 4.52 Å². The largest absolute Gasteiger partial charge is 0.339 e. The molecule has 3 heterocycles. The van der Waals surface area contributed by atoms with E-state index in [1.165, 1.54) is 45.6 Å². The smallest absolute Gasteiger partial charge is 0.226 e. The molecule has 2 aliphatic heterocycles. The average molecular weight is 293 g/mol. The highest BCUT2D eigenvalue weighted by Crippen LogP contribution is 2.15. The van der Waals surface area contributed by atoms with E-state index in [0.717, 1.165) is 43.7 Å². The maximum atomic E-state index is 5.17. The van der Waals surface area contributed by atoms with Gasteiger partial charge in [0.25, 0.3) is 0 Å². The van der Waals surface area contributed by atoms with Crippen LogP contribution in [0.5, 0.6) is 0 Å². The zero-order valence-corrected chi connectivity index (χ0v) is 13.1. The molecule has 6 heteroatoms. The Morgan fingerprint density at radius 2 is 1.86 bits per heavy atom. The van der Waals surface area contributed by atoms with Crippen molar-refractivity contribution in [3.8, 4) is 0 Å². The molecule has 6 nitrogen and oxygen atoms in total. The molecule has 0 aliphatic carbocycles. The Morgan fingerprint density at radius 3 is 2.52 bits per heavy atom. The quantitative estimate of drug-likeness (QED) is 0.864. The minimum Gasteiger partial charge on any atom is -0.339 e. The van der Waals surface area contributed by atoms with E-state index in [1.807, 2.05) is 6.92 Å². The van der Waals surface area contributed by atoms with Gasteiger partial charge in [-0.2, -0.15) is 4.98 Å². The summed E-state index contributed by atoms with van der Waals surface area (Å²) in [4.78, 5) is 9.45. The molecule has 2 fully saturated rings. The third-order valence-corrected chi connectivity index (χ3v) is 4.62. The van der Waals surface area contributed by atoms with Crippen LogP contribution in [0.4, 0.5) is 0 Å². The topological polar surface area (TPSA) is 57.4 Å².